The maximum absolute atomic E-state index is 12.0. The van der Waals surface area contributed by atoms with Crippen molar-refractivity contribution in [1.82, 2.24) is 5.32 Å². The van der Waals surface area contributed by atoms with E-state index in [1.807, 2.05) is 6.92 Å². The van der Waals surface area contributed by atoms with Gasteiger partial charge in [0, 0.05) is 19.1 Å². The van der Waals surface area contributed by atoms with Crippen LogP contribution < -0.4 is 11.1 Å². The van der Waals surface area contributed by atoms with Gasteiger partial charge < -0.3 is 21.0 Å². The van der Waals surface area contributed by atoms with E-state index in [2.05, 4.69) is 10.5 Å². The molecule has 2 atom stereocenters. The molecule has 1 aliphatic heterocycles. The van der Waals surface area contributed by atoms with Crippen molar-refractivity contribution in [2.45, 2.75) is 26.7 Å². The van der Waals surface area contributed by atoms with Crippen molar-refractivity contribution in [2.75, 3.05) is 19.8 Å². The van der Waals surface area contributed by atoms with Gasteiger partial charge in [-0.05, 0) is 19.8 Å². The fourth-order valence-corrected chi connectivity index (χ4v) is 1.74. The molecule has 6 nitrogen and oxygen atoms in total. The maximum atomic E-state index is 12.0. The molecule has 0 bridgehead atoms. The van der Waals surface area contributed by atoms with Crippen LogP contribution in [0.5, 0.6) is 0 Å². The van der Waals surface area contributed by atoms with Crippen LogP contribution in [0.4, 0.5) is 0 Å². The minimum Gasteiger partial charge on any atom is -0.409 e. The summed E-state index contributed by atoms with van der Waals surface area (Å²) in [5.41, 5.74) is 4.61. The lowest BCUT2D eigenvalue weighted by atomic mass is 9.85. The predicted molar refractivity (Wildman–Crippen MR) is 63.7 cm³/mol. The zero-order chi connectivity index (χ0) is 12.9. The maximum Gasteiger partial charge on any atom is 0.233 e. The van der Waals surface area contributed by atoms with Crippen molar-refractivity contribution < 1.29 is 14.7 Å². The highest BCUT2D eigenvalue weighted by Crippen LogP contribution is 2.22. The molecule has 17 heavy (non-hydrogen) atoms. The van der Waals surface area contributed by atoms with Crippen LogP contribution >= 0.6 is 0 Å². The molecule has 0 aromatic heterocycles. The van der Waals surface area contributed by atoms with Crippen LogP contribution in [-0.4, -0.2) is 36.7 Å². The Kier molecular flexibility index (Phi) is 4.74. The summed E-state index contributed by atoms with van der Waals surface area (Å²) in [7, 11) is 0. The second kappa shape index (κ2) is 5.86. The number of oxime groups is 1. The van der Waals surface area contributed by atoms with Crippen molar-refractivity contribution in [2.24, 2.45) is 22.2 Å². The van der Waals surface area contributed by atoms with Crippen molar-refractivity contribution >= 4 is 11.7 Å². The van der Waals surface area contributed by atoms with Crippen LogP contribution in [0.2, 0.25) is 0 Å². The minimum atomic E-state index is -0.950. The normalized spacial score (nSPS) is 24.4. The summed E-state index contributed by atoms with van der Waals surface area (Å²) in [6.07, 6.45) is 1.45. The monoisotopic (exact) mass is 243 g/mol. The standard InChI is InChI=1S/C11H21N3O3/c1-3-11(2,9(12)14-16)10(15)13-6-8-4-5-17-7-8/h8,16H,3-7H2,1-2H3,(H2,12,14)(H,13,15). The largest absolute Gasteiger partial charge is 0.409 e. The lowest BCUT2D eigenvalue weighted by Crippen LogP contribution is -2.48. The zero-order valence-corrected chi connectivity index (χ0v) is 10.4. The van der Waals surface area contributed by atoms with Gasteiger partial charge in [-0.25, -0.2) is 0 Å². The van der Waals surface area contributed by atoms with E-state index in [0.717, 1.165) is 13.0 Å². The molecule has 0 spiro atoms. The number of ether oxygens (including phenoxy) is 1. The van der Waals surface area contributed by atoms with Crippen LogP contribution in [0.15, 0.2) is 5.16 Å². The Morgan fingerprint density at radius 1 is 1.71 bits per heavy atom. The second-order valence-electron chi connectivity index (χ2n) is 4.61. The van der Waals surface area contributed by atoms with Crippen LogP contribution in [0.1, 0.15) is 26.7 Å². The lowest BCUT2D eigenvalue weighted by molar-refractivity contribution is -0.127. The quantitative estimate of drug-likeness (QED) is 0.280. The summed E-state index contributed by atoms with van der Waals surface area (Å²) in [5.74, 6) is 0.106. The van der Waals surface area contributed by atoms with Gasteiger partial charge >= 0.3 is 0 Å². The number of nitrogens with two attached hydrogens (primary N) is 1. The summed E-state index contributed by atoms with van der Waals surface area (Å²) in [6.45, 7) is 5.52. The van der Waals surface area contributed by atoms with Gasteiger partial charge in [0.05, 0.1) is 6.61 Å². The molecule has 4 N–H and O–H groups in total. The molecular formula is C11H21N3O3. The highest BCUT2D eigenvalue weighted by molar-refractivity contribution is 6.06. The molecule has 0 aliphatic carbocycles. The molecule has 0 saturated carbocycles. The molecule has 1 heterocycles. The molecule has 0 aromatic rings. The fraction of sp³-hybridized carbons (Fsp3) is 0.818. The summed E-state index contributed by atoms with van der Waals surface area (Å²) in [6, 6.07) is 0. The second-order valence-corrected chi connectivity index (χ2v) is 4.61. The van der Waals surface area contributed by atoms with Crippen molar-refractivity contribution in [3.63, 3.8) is 0 Å². The molecular weight excluding hydrogens is 222 g/mol. The highest BCUT2D eigenvalue weighted by atomic mass is 16.5. The van der Waals surface area contributed by atoms with Crippen molar-refractivity contribution in [1.29, 1.82) is 0 Å². The van der Waals surface area contributed by atoms with E-state index in [1.54, 1.807) is 6.92 Å². The molecule has 1 aliphatic rings. The third-order valence-electron chi connectivity index (χ3n) is 3.46. The number of carbonyl (C=O) groups is 1. The van der Waals surface area contributed by atoms with E-state index in [9.17, 15) is 4.79 Å². The molecule has 1 amide bonds. The number of hydrogen-bond acceptors (Lipinski definition) is 4. The van der Waals surface area contributed by atoms with Crippen molar-refractivity contribution in [3.8, 4) is 0 Å². The average Bonchev–Trinajstić information content (AvgIpc) is 2.86. The molecule has 1 fully saturated rings. The number of amidine groups is 1. The van der Waals surface area contributed by atoms with Gasteiger partial charge in [-0.2, -0.15) is 0 Å². The fourth-order valence-electron chi connectivity index (χ4n) is 1.74. The third-order valence-corrected chi connectivity index (χ3v) is 3.46. The van der Waals surface area contributed by atoms with E-state index < -0.39 is 5.41 Å². The van der Waals surface area contributed by atoms with Crippen LogP contribution in [0.3, 0.4) is 0 Å². The van der Waals surface area contributed by atoms with E-state index in [-0.39, 0.29) is 11.7 Å². The summed E-state index contributed by atoms with van der Waals surface area (Å²) in [4.78, 5) is 12.0. The van der Waals surface area contributed by atoms with Gasteiger partial charge in [-0.1, -0.05) is 12.1 Å². The van der Waals surface area contributed by atoms with Crippen LogP contribution in [0, 0.1) is 11.3 Å². The molecule has 6 heteroatoms. The predicted octanol–water partition coefficient (Wildman–Crippen LogP) is 0.302. The Labute approximate surface area is 101 Å². The van der Waals surface area contributed by atoms with Gasteiger partial charge in [-0.15, -0.1) is 0 Å². The van der Waals surface area contributed by atoms with Gasteiger partial charge in [0.25, 0.3) is 0 Å². The van der Waals surface area contributed by atoms with Crippen LogP contribution in [0.25, 0.3) is 0 Å². The minimum absolute atomic E-state index is 0.0554. The topological polar surface area (TPSA) is 96.9 Å². The molecule has 98 valence electrons. The molecule has 0 radical (unpaired) electrons. The zero-order valence-electron chi connectivity index (χ0n) is 10.4. The van der Waals surface area contributed by atoms with E-state index >= 15 is 0 Å². The number of carbonyl (C=O) groups excluding carboxylic acids is 1. The third kappa shape index (κ3) is 3.09. The first kappa shape index (κ1) is 13.8. The van der Waals surface area contributed by atoms with Gasteiger partial charge in [0.15, 0.2) is 5.84 Å². The summed E-state index contributed by atoms with van der Waals surface area (Å²) in [5, 5.41) is 14.5. The Balaban J connectivity index is 2.54. The summed E-state index contributed by atoms with van der Waals surface area (Å²) >= 11 is 0. The Morgan fingerprint density at radius 2 is 2.41 bits per heavy atom. The first-order valence-corrected chi connectivity index (χ1v) is 5.88. The Hall–Kier alpha value is -1.30. The summed E-state index contributed by atoms with van der Waals surface area (Å²) < 4.78 is 5.23. The first-order valence-electron chi connectivity index (χ1n) is 5.88. The number of nitrogens with zero attached hydrogens (tertiary/aromatic N) is 1. The number of rotatable bonds is 5. The number of amides is 1. The van der Waals surface area contributed by atoms with Gasteiger partial charge in [-0.3, -0.25) is 4.79 Å². The molecule has 0 aromatic carbocycles. The average molecular weight is 243 g/mol. The number of nitrogens with one attached hydrogen (secondary N) is 1. The lowest BCUT2D eigenvalue weighted by Gasteiger charge is -2.25. The SMILES string of the molecule is CCC(C)(C(=O)NCC1CCOC1)C(N)=NO. The van der Waals surface area contributed by atoms with Gasteiger partial charge in [0.1, 0.15) is 5.41 Å². The Bertz CT molecular complexity index is 300. The van der Waals surface area contributed by atoms with Crippen LogP contribution in [-0.2, 0) is 9.53 Å². The first-order chi connectivity index (χ1) is 8.04. The van der Waals surface area contributed by atoms with E-state index in [4.69, 9.17) is 15.7 Å². The highest BCUT2D eigenvalue weighted by Gasteiger charge is 2.36. The number of hydrogen-bond donors (Lipinski definition) is 3. The smallest absolute Gasteiger partial charge is 0.233 e. The van der Waals surface area contributed by atoms with E-state index in [0.29, 0.717) is 25.5 Å². The molecule has 1 saturated heterocycles. The molecule has 1 rings (SSSR count). The van der Waals surface area contributed by atoms with Crippen molar-refractivity contribution in [3.05, 3.63) is 0 Å². The molecule has 2 unspecified atom stereocenters. The van der Waals surface area contributed by atoms with E-state index in [1.165, 1.54) is 0 Å². The Morgan fingerprint density at radius 3 is 2.88 bits per heavy atom. The van der Waals surface area contributed by atoms with Gasteiger partial charge in [0.2, 0.25) is 5.91 Å².